The van der Waals surface area contributed by atoms with Crippen LogP contribution >= 0.6 is 0 Å². The zero-order valence-corrected chi connectivity index (χ0v) is 53.2. The van der Waals surface area contributed by atoms with Gasteiger partial charge in [0.05, 0.1) is 0 Å². The number of rotatable bonds is 51. The molecule has 12 nitrogen and oxygen atoms in total. The molecule has 4 N–H and O–H groups in total. The summed E-state index contributed by atoms with van der Waals surface area (Å²) in [6.45, 7) is 9.19. The molecule has 0 heterocycles. The third kappa shape index (κ3) is 35.0. The molecule has 2 aliphatic carbocycles. The summed E-state index contributed by atoms with van der Waals surface area (Å²) >= 11 is 0. The minimum Gasteiger partial charge on any atom is -0.301 e. The number of benzene rings is 1. The first kappa shape index (κ1) is 75.5. The van der Waals surface area contributed by atoms with Crippen LogP contribution in [0.1, 0.15) is 326 Å². The molecule has 83 heavy (non-hydrogen) atoms. The zero-order chi connectivity index (χ0) is 60.4. The average Bonchev–Trinajstić information content (AvgIpc) is 3.64. The van der Waals surface area contributed by atoms with Crippen molar-refractivity contribution in [1.82, 2.24) is 0 Å². The molecule has 0 radical (unpaired) electrons. The fourth-order valence-corrected chi connectivity index (χ4v) is 13.5. The lowest BCUT2D eigenvalue weighted by Crippen LogP contribution is -2.39. The lowest BCUT2D eigenvalue weighted by molar-refractivity contribution is -0.234. The quantitative estimate of drug-likeness (QED) is 0.0159. The third-order valence-corrected chi connectivity index (χ3v) is 18.3. The Morgan fingerprint density at radius 2 is 0.578 bits per heavy atom. The topological polar surface area (TPSA) is 186 Å². The maximum absolute atomic E-state index is 11.2. The number of allylic oxidation sites excluding steroid dienone is 4. The van der Waals surface area contributed by atoms with Gasteiger partial charge in [0.2, 0.25) is 0 Å². The minimum atomic E-state index is -0.534. The van der Waals surface area contributed by atoms with Crippen molar-refractivity contribution in [2.45, 2.75) is 329 Å². The second-order valence-corrected chi connectivity index (χ2v) is 24.9. The van der Waals surface area contributed by atoms with E-state index in [9.17, 15) is 19.2 Å². The van der Waals surface area contributed by atoms with Crippen molar-refractivity contribution in [3.8, 4) is 0 Å². The van der Waals surface area contributed by atoms with Crippen LogP contribution in [0.15, 0.2) is 36.4 Å². The molecule has 0 saturated carbocycles. The van der Waals surface area contributed by atoms with Crippen LogP contribution in [0.25, 0.3) is 0 Å². The van der Waals surface area contributed by atoms with Gasteiger partial charge in [-0.25, -0.2) is 19.2 Å². The van der Waals surface area contributed by atoms with Crippen LogP contribution in [0.5, 0.6) is 0 Å². The molecular weight excluding hydrogens is 1040 g/mol. The molecule has 0 amide bonds. The summed E-state index contributed by atoms with van der Waals surface area (Å²) in [4.78, 5) is 59.3. The molecular formula is C71H122O12. The van der Waals surface area contributed by atoms with Crippen LogP contribution < -0.4 is 0 Å². The molecule has 12 heteroatoms. The van der Waals surface area contributed by atoms with Gasteiger partial charge < -0.3 is 19.6 Å². The highest BCUT2D eigenvalue weighted by Gasteiger charge is 2.41. The van der Waals surface area contributed by atoms with Gasteiger partial charge in [0, 0.05) is 25.7 Å². The highest BCUT2D eigenvalue weighted by Crippen LogP contribution is 2.50. The van der Waals surface area contributed by atoms with Crippen molar-refractivity contribution in [2.24, 2.45) is 35.5 Å². The van der Waals surface area contributed by atoms with Gasteiger partial charge in [-0.05, 0) is 160 Å². The van der Waals surface area contributed by atoms with Crippen LogP contribution in [-0.4, -0.2) is 44.9 Å². The highest BCUT2D eigenvalue weighted by molar-refractivity contribution is 5.69. The van der Waals surface area contributed by atoms with Crippen molar-refractivity contribution < 1.29 is 59.8 Å². The first-order chi connectivity index (χ1) is 40.6. The molecule has 0 bridgehead atoms. The number of carbonyl (C=O) groups excluding carboxylic acids is 4. The van der Waals surface area contributed by atoms with Gasteiger partial charge in [0.15, 0.2) is 0 Å². The standard InChI is InChI=1S/C36H62O6.C35H60O6/c1-3-5-13-19-29-25-27-34-32(22-16-10-8-12-18-24-36(38)42-40)30(20-15-9-7-11-17-23-35(37)41-39)26-28-33(34)31(29)21-14-6-4-2;1-3-5-17-22-30-28-29-31(23-18-13-11-12-16-21-27-35(37)41-39)33(32(30)24-6-4-2)25-19-14-9-7-8-10-15-20-26-34(36)40-38/h25-34,39-40H,3-24H2,1-2H3;28-29,38-39H,3-27H2,1-2H3. The summed E-state index contributed by atoms with van der Waals surface area (Å²) in [5.74, 6) is 2.03. The Kier molecular flexibility index (Phi) is 47.0. The van der Waals surface area contributed by atoms with Crippen LogP contribution in [0.2, 0.25) is 0 Å². The lowest BCUT2D eigenvalue weighted by Gasteiger charge is -2.46. The minimum absolute atomic E-state index is 0.295. The number of hydrogen-bond donors (Lipinski definition) is 4. The van der Waals surface area contributed by atoms with E-state index in [1.807, 2.05) is 0 Å². The zero-order valence-electron chi connectivity index (χ0n) is 53.2. The molecule has 478 valence electrons. The van der Waals surface area contributed by atoms with Gasteiger partial charge in [-0.1, -0.05) is 237 Å². The van der Waals surface area contributed by atoms with Gasteiger partial charge >= 0.3 is 23.9 Å². The number of unbranched alkanes of at least 4 members (excludes halogenated alkanes) is 27. The van der Waals surface area contributed by atoms with Crippen molar-refractivity contribution in [3.63, 3.8) is 0 Å². The van der Waals surface area contributed by atoms with Gasteiger partial charge in [-0.15, -0.1) is 0 Å². The first-order valence-electron chi connectivity index (χ1n) is 34.5. The van der Waals surface area contributed by atoms with Crippen molar-refractivity contribution in [2.75, 3.05) is 0 Å². The fourth-order valence-electron chi connectivity index (χ4n) is 13.5. The molecule has 0 fully saturated rings. The first-order valence-corrected chi connectivity index (χ1v) is 34.5. The van der Waals surface area contributed by atoms with E-state index in [0.29, 0.717) is 49.4 Å². The molecule has 1 aromatic rings. The van der Waals surface area contributed by atoms with E-state index in [1.54, 1.807) is 22.3 Å². The maximum Gasteiger partial charge on any atom is 0.342 e. The molecule has 0 saturated heterocycles. The van der Waals surface area contributed by atoms with E-state index in [2.05, 4.69) is 83.7 Å². The van der Waals surface area contributed by atoms with Crippen LogP contribution in [0, 0.1) is 35.5 Å². The van der Waals surface area contributed by atoms with Gasteiger partial charge in [-0.3, -0.25) is 0 Å². The highest BCUT2D eigenvalue weighted by atomic mass is 17.1. The summed E-state index contributed by atoms with van der Waals surface area (Å²) in [5, 5.41) is 33.5. The van der Waals surface area contributed by atoms with Crippen LogP contribution in [0.4, 0.5) is 0 Å². The Hall–Kier alpha value is -3.58. The molecule has 0 aliphatic heterocycles. The predicted octanol–water partition coefficient (Wildman–Crippen LogP) is 20.6. The Morgan fingerprint density at radius 3 is 0.940 bits per heavy atom. The molecule has 0 aromatic heterocycles. The largest absolute Gasteiger partial charge is 0.342 e. The molecule has 1 aromatic carbocycles. The summed E-state index contributed by atoms with van der Waals surface area (Å²) in [7, 11) is 0. The van der Waals surface area contributed by atoms with Crippen molar-refractivity contribution >= 4 is 23.9 Å². The monoisotopic (exact) mass is 1170 g/mol. The van der Waals surface area contributed by atoms with E-state index < -0.39 is 23.9 Å². The predicted molar refractivity (Wildman–Crippen MR) is 337 cm³/mol. The van der Waals surface area contributed by atoms with E-state index in [4.69, 9.17) is 21.0 Å². The Bertz CT molecular complexity index is 1840. The summed E-state index contributed by atoms with van der Waals surface area (Å²) < 4.78 is 0. The molecule has 3 rings (SSSR count). The van der Waals surface area contributed by atoms with Crippen LogP contribution in [-0.2, 0) is 64.4 Å². The fraction of sp³-hybridized carbons (Fsp3) is 0.803. The van der Waals surface area contributed by atoms with E-state index in [0.717, 1.165) is 95.3 Å². The maximum atomic E-state index is 11.2. The number of carbonyl (C=O) groups is 4. The summed E-state index contributed by atoms with van der Waals surface area (Å²) in [6, 6.07) is 4.89. The van der Waals surface area contributed by atoms with E-state index in [-0.39, 0.29) is 0 Å². The molecule has 2 aliphatic rings. The SMILES string of the molecule is CCCCCC1C=CC2C(C=CC(CCCCCCCC(=O)OO)C2CCCCCCCC(=O)OO)C1CCCCC.CCCCCc1ccc(CCCCCCCCC(=O)OO)c(CCCCCCCCCCC(=O)OO)c1CCCC. The number of hydrogen-bond acceptors (Lipinski definition) is 12. The molecule has 0 spiro atoms. The summed E-state index contributed by atoms with van der Waals surface area (Å²) in [5.41, 5.74) is 6.49. The van der Waals surface area contributed by atoms with Crippen molar-refractivity contribution in [3.05, 3.63) is 58.7 Å². The summed E-state index contributed by atoms with van der Waals surface area (Å²) in [6.07, 6.45) is 62.3. The second kappa shape index (κ2) is 51.6. The second-order valence-electron chi connectivity index (χ2n) is 24.9. The van der Waals surface area contributed by atoms with Gasteiger partial charge in [-0.2, -0.15) is 21.0 Å². The van der Waals surface area contributed by atoms with Crippen LogP contribution in [0.3, 0.4) is 0 Å². The third-order valence-electron chi connectivity index (χ3n) is 18.3. The Labute approximate surface area is 505 Å². The molecule has 6 atom stereocenters. The average molecular weight is 1170 g/mol. The van der Waals surface area contributed by atoms with Gasteiger partial charge in [0.1, 0.15) is 0 Å². The van der Waals surface area contributed by atoms with E-state index in [1.165, 1.54) is 193 Å². The Balaban J connectivity index is 0.000000567. The number of aryl methyl sites for hydroxylation is 2. The van der Waals surface area contributed by atoms with Crippen molar-refractivity contribution in [1.29, 1.82) is 0 Å². The lowest BCUT2D eigenvalue weighted by atomic mass is 9.58. The Morgan fingerprint density at radius 1 is 0.313 bits per heavy atom. The molecule has 6 unspecified atom stereocenters. The smallest absolute Gasteiger partial charge is 0.301 e. The van der Waals surface area contributed by atoms with Gasteiger partial charge in [0.25, 0.3) is 0 Å². The number of fused-ring (bicyclic) bond motifs is 1. The normalized spacial score (nSPS) is 18.1. The van der Waals surface area contributed by atoms with E-state index >= 15 is 0 Å².